The SMILES string of the molecule is O=[N+]([O-])c1cncn1CC(O)c1ccncc1. The van der Waals surface area contributed by atoms with Crippen LogP contribution in [0.15, 0.2) is 37.1 Å². The van der Waals surface area contributed by atoms with E-state index in [0.29, 0.717) is 5.56 Å². The molecular weight excluding hydrogens is 224 g/mol. The lowest BCUT2D eigenvalue weighted by molar-refractivity contribution is -0.392. The highest BCUT2D eigenvalue weighted by molar-refractivity contribution is 5.17. The molecule has 0 aliphatic carbocycles. The Morgan fingerprint density at radius 3 is 2.76 bits per heavy atom. The van der Waals surface area contributed by atoms with E-state index in [-0.39, 0.29) is 12.4 Å². The van der Waals surface area contributed by atoms with Crippen molar-refractivity contribution in [2.24, 2.45) is 0 Å². The van der Waals surface area contributed by atoms with Crippen LogP contribution in [0.1, 0.15) is 11.7 Å². The van der Waals surface area contributed by atoms with Crippen LogP contribution in [0.4, 0.5) is 5.82 Å². The van der Waals surface area contributed by atoms with E-state index in [0.717, 1.165) is 6.20 Å². The van der Waals surface area contributed by atoms with Gasteiger partial charge in [-0.3, -0.25) is 4.98 Å². The monoisotopic (exact) mass is 234 g/mol. The van der Waals surface area contributed by atoms with Crippen LogP contribution < -0.4 is 0 Å². The molecular formula is C10H10N4O3. The minimum Gasteiger partial charge on any atom is -0.384 e. The summed E-state index contributed by atoms with van der Waals surface area (Å²) in [6, 6.07) is 3.32. The van der Waals surface area contributed by atoms with Crippen molar-refractivity contribution >= 4 is 5.82 Å². The zero-order chi connectivity index (χ0) is 12.3. The predicted octanol–water partition coefficient (Wildman–Crippen LogP) is 0.920. The Hall–Kier alpha value is -2.28. The zero-order valence-electron chi connectivity index (χ0n) is 8.80. The molecule has 0 aliphatic rings. The third-order valence-electron chi connectivity index (χ3n) is 2.34. The molecule has 2 heterocycles. The summed E-state index contributed by atoms with van der Waals surface area (Å²) < 4.78 is 1.30. The van der Waals surface area contributed by atoms with Crippen molar-refractivity contribution < 1.29 is 10.0 Å². The maximum absolute atomic E-state index is 10.7. The maximum atomic E-state index is 10.7. The standard InChI is InChI=1S/C10H10N4O3/c15-9(8-1-3-11-4-2-8)6-13-7-12-5-10(13)14(16)17/h1-5,7,9,15H,6H2. The van der Waals surface area contributed by atoms with Crippen LogP contribution in [-0.4, -0.2) is 24.6 Å². The van der Waals surface area contributed by atoms with Gasteiger partial charge in [0.2, 0.25) is 0 Å². The van der Waals surface area contributed by atoms with Gasteiger partial charge in [-0.1, -0.05) is 0 Å². The first-order valence-electron chi connectivity index (χ1n) is 4.91. The van der Waals surface area contributed by atoms with E-state index in [1.807, 2.05) is 0 Å². The van der Waals surface area contributed by atoms with Crippen molar-refractivity contribution in [1.29, 1.82) is 0 Å². The third-order valence-corrected chi connectivity index (χ3v) is 2.34. The number of rotatable bonds is 4. The third kappa shape index (κ3) is 2.45. The van der Waals surface area contributed by atoms with Gasteiger partial charge in [0, 0.05) is 12.4 Å². The van der Waals surface area contributed by atoms with Gasteiger partial charge in [0.1, 0.15) is 18.8 Å². The lowest BCUT2D eigenvalue weighted by Gasteiger charge is -2.08. The Bertz CT molecular complexity index is 511. The van der Waals surface area contributed by atoms with E-state index in [2.05, 4.69) is 9.97 Å². The molecule has 0 bridgehead atoms. The fraction of sp³-hybridized carbons (Fsp3) is 0.200. The molecule has 0 fully saturated rings. The number of nitro groups is 1. The van der Waals surface area contributed by atoms with Gasteiger partial charge in [-0.2, -0.15) is 0 Å². The lowest BCUT2D eigenvalue weighted by atomic mass is 10.1. The fourth-order valence-electron chi connectivity index (χ4n) is 1.48. The number of hydrogen-bond acceptors (Lipinski definition) is 5. The first-order chi connectivity index (χ1) is 8.18. The second-order valence-electron chi connectivity index (χ2n) is 3.46. The van der Waals surface area contributed by atoms with Gasteiger partial charge in [-0.15, -0.1) is 0 Å². The normalized spacial score (nSPS) is 12.3. The molecule has 1 atom stereocenters. The first kappa shape index (κ1) is 11.2. The number of pyridine rings is 1. The van der Waals surface area contributed by atoms with Crippen LogP contribution in [0, 0.1) is 10.1 Å². The average molecular weight is 234 g/mol. The van der Waals surface area contributed by atoms with Crippen molar-refractivity contribution in [1.82, 2.24) is 14.5 Å². The molecule has 88 valence electrons. The quantitative estimate of drug-likeness (QED) is 0.627. The summed E-state index contributed by atoms with van der Waals surface area (Å²) in [4.78, 5) is 17.6. The van der Waals surface area contributed by atoms with Gasteiger partial charge in [0.15, 0.2) is 6.33 Å². The van der Waals surface area contributed by atoms with Gasteiger partial charge < -0.3 is 15.2 Å². The van der Waals surface area contributed by atoms with Crippen molar-refractivity contribution in [3.63, 3.8) is 0 Å². The Labute approximate surface area is 96.5 Å². The molecule has 0 amide bonds. The van der Waals surface area contributed by atoms with Crippen molar-refractivity contribution in [2.45, 2.75) is 12.6 Å². The van der Waals surface area contributed by atoms with Crippen LogP contribution in [0.25, 0.3) is 0 Å². The number of nitrogens with zero attached hydrogens (tertiary/aromatic N) is 4. The topological polar surface area (TPSA) is 94.1 Å². The minimum atomic E-state index is -0.828. The second kappa shape index (κ2) is 4.71. The number of imidazole rings is 1. The molecule has 0 saturated carbocycles. The smallest absolute Gasteiger partial charge is 0.342 e. The van der Waals surface area contributed by atoms with Crippen molar-refractivity contribution in [3.05, 3.63) is 52.7 Å². The van der Waals surface area contributed by atoms with Crippen LogP contribution in [-0.2, 0) is 6.54 Å². The number of aliphatic hydroxyl groups excluding tert-OH is 1. The van der Waals surface area contributed by atoms with E-state index in [9.17, 15) is 15.2 Å². The Balaban J connectivity index is 2.16. The molecule has 17 heavy (non-hydrogen) atoms. The zero-order valence-corrected chi connectivity index (χ0v) is 8.80. The van der Waals surface area contributed by atoms with Crippen LogP contribution >= 0.6 is 0 Å². The highest BCUT2D eigenvalue weighted by Gasteiger charge is 2.17. The van der Waals surface area contributed by atoms with Crippen molar-refractivity contribution in [3.8, 4) is 0 Å². The highest BCUT2D eigenvalue weighted by atomic mass is 16.6. The predicted molar refractivity (Wildman–Crippen MR) is 58.1 cm³/mol. The van der Waals surface area contributed by atoms with Gasteiger partial charge in [0.05, 0.1) is 0 Å². The summed E-state index contributed by atoms with van der Waals surface area (Å²) in [6.45, 7) is 0.0837. The van der Waals surface area contributed by atoms with E-state index in [4.69, 9.17) is 0 Å². The summed E-state index contributed by atoms with van der Waals surface area (Å²) in [5.74, 6) is -0.141. The molecule has 2 aromatic rings. The van der Waals surface area contributed by atoms with Gasteiger partial charge in [-0.25, -0.2) is 9.55 Å². The Morgan fingerprint density at radius 2 is 2.12 bits per heavy atom. The molecule has 2 rings (SSSR count). The van der Waals surface area contributed by atoms with Gasteiger partial charge in [-0.05, 0) is 22.6 Å². The Kier molecular flexibility index (Phi) is 3.10. The van der Waals surface area contributed by atoms with E-state index in [1.54, 1.807) is 24.5 Å². The van der Waals surface area contributed by atoms with E-state index in [1.165, 1.54) is 10.9 Å². The molecule has 0 aliphatic heterocycles. The van der Waals surface area contributed by atoms with E-state index < -0.39 is 11.0 Å². The molecule has 0 aromatic carbocycles. The molecule has 0 saturated heterocycles. The number of hydrogen-bond donors (Lipinski definition) is 1. The fourth-order valence-corrected chi connectivity index (χ4v) is 1.48. The molecule has 2 aromatic heterocycles. The van der Waals surface area contributed by atoms with Crippen LogP contribution in [0.3, 0.4) is 0 Å². The first-order valence-corrected chi connectivity index (χ1v) is 4.91. The summed E-state index contributed by atoms with van der Waals surface area (Å²) in [7, 11) is 0. The average Bonchev–Trinajstić information content (AvgIpc) is 2.78. The summed E-state index contributed by atoms with van der Waals surface area (Å²) in [5, 5.41) is 20.6. The second-order valence-corrected chi connectivity index (χ2v) is 3.46. The largest absolute Gasteiger partial charge is 0.384 e. The maximum Gasteiger partial charge on any atom is 0.342 e. The molecule has 0 radical (unpaired) electrons. The number of aromatic nitrogens is 3. The summed E-state index contributed by atoms with van der Waals surface area (Å²) in [5.41, 5.74) is 0.656. The highest BCUT2D eigenvalue weighted by Crippen LogP contribution is 2.17. The molecule has 0 spiro atoms. The molecule has 1 N–H and O–H groups in total. The number of aliphatic hydroxyl groups is 1. The van der Waals surface area contributed by atoms with Crippen molar-refractivity contribution in [2.75, 3.05) is 0 Å². The molecule has 1 unspecified atom stereocenters. The Morgan fingerprint density at radius 1 is 1.41 bits per heavy atom. The molecule has 7 heteroatoms. The minimum absolute atomic E-state index is 0.0837. The van der Waals surface area contributed by atoms with E-state index >= 15 is 0 Å². The lowest BCUT2D eigenvalue weighted by Crippen LogP contribution is -2.10. The summed E-state index contributed by atoms with van der Waals surface area (Å²) >= 11 is 0. The van der Waals surface area contributed by atoms with Gasteiger partial charge >= 0.3 is 5.82 Å². The van der Waals surface area contributed by atoms with Gasteiger partial charge in [0.25, 0.3) is 0 Å². The molecule has 7 nitrogen and oxygen atoms in total. The van der Waals surface area contributed by atoms with Crippen LogP contribution in [0.5, 0.6) is 0 Å². The van der Waals surface area contributed by atoms with Crippen LogP contribution in [0.2, 0.25) is 0 Å². The summed E-state index contributed by atoms with van der Waals surface area (Å²) in [6.07, 6.45) is 4.76.